The van der Waals surface area contributed by atoms with E-state index in [1.165, 1.54) is 5.57 Å². The topological polar surface area (TPSA) is 21.3 Å². The molecule has 0 saturated heterocycles. The molecule has 2 nitrogen and oxygen atoms in total. The zero-order valence-electron chi connectivity index (χ0n) is 11.7. The smallest absolute Gasteiger partial charge is 0.0807 e. The first-order valence-electron chi connectivity index (χ1n) is 6.51. The van der Waals surface area contributed by atoms with E-state index in [0.29, 0.717) is 6.04 Å². The van der Waals surface area contributed by atoms with Crippen molar-refractivity contribution >= 4 is 0 Å². The molecule has 0 aliphatic rings. The van der Waals surface area contributed by atoms with Gasteiger partial charge in [0.15, 0.2) is 0 Å². The lowest BCUT2D eigenvalue weighted by atomic mass is 9.88. The third kappa shape index (κ3) is 5.13. The third-order valence-electron chi connectivity index (χ3n) is 3.11. The summed E-state index contributed by atoms with van der Waals surface area (Å²) in [5.74, 6) is 0. The van der Waals surface area contributed by atoms with Crippen LogP contribution in [-0.4, -0.2) is 24.8 Å². The SMILES string of the molecule is C=C(C)CC(NCCC)C(C)(CC)OCC. The molecule has 0 aliphatic carbocycles. The monoisotopic (exact) mass is 227 g/mol. The van der Waals surface area contributed by atoms with Crippen LogP contribution in [0.4, 0.5) is 0 Å². The zero-order chi connectivity index (χ0) is 12.6. The minimum atomic E-state index is -0.0805. The number of rotatable bonds is 9. The summed E-state index contributed by atoms with van der Waals surface area (Å²) in [7, 11) is 0. The normalized spacial score (nSPS) is 16.8. The quantitative estimate of drug-likeness (QED) is 0.608. The summed E-state index contributed by atoms with van der Waals surface area (Å²) in [5, 5.41) is 3.59. The molecule has 0 amide bonds. The summed E-state index contributed by atoms with van der Waals surface area (Å²) < 4.78 is 5.94. The number of hydrogen-bond donors (Lipinski definition) is 1. The molecular weight excluding hydrogens is 198 g/mol. The van der Waals surface area contributed by atoms with Crippen molar-refractivity contribution in [1.29, 1.82) is 0 Å². The molecule has 2 heteroatoms. The molecule has 2 unspecified atom stereocenters. The van der Waals surface area contributed by atoms with E-state index in [-0.39, 0.29) is 5.60 Å². The van der Waals surface area contributed by atoms with Gasteiger partial charge in [-0.2, -0.15) is 0 Å². The molecule has 0 aliphatic heterocycles. The van der Waals surface area contributed by atoms with Crippen LogP contribution < -0.4 is 5.32 Å². The fraction of sp³-hybridized carbons (Fsp3) is 0.857. The molecule has 0 fully saturated rings. The van der Waals surface area contributed by atoms with E-state index in [9.17, 15) is 0 Å². The minimum absolute atomic E-state index is 0.0805. The first-order valence-corrected chi connectivity index (χ1v) is 6.51. The van der Waals surface area contributed by atoms with Gasteiger partial charge in [-0.3, -0.25) is 0 Å². The Morgan fingerprint density at radius 2 is 2.00 bits per heavy atom. The lowest BCUT2D eigenvalue weighted by Gasteiger charge is -2.37. The molecule has 2 atom stereocenters. The van der Waals surface area contributed by atoms with Crippen LogP contribution in [0, 0.1) is 0 Å². The predicted molar refractivity (Wildman–Crippen MR) is 71.8 cm³/mol. The Morgan fingerprint density at radius 1 is 1.38 bits per heavy atom. The largest absolute Gasteiger partial charge is 0.374 e. The summed E-state index contributed by atoms with van der Waals surface area (Å²) in [6, 6.07) is 0.370. The van der Waals surface area contributed by atoms with E-state index in [0.717, 1.165) is 32.4 Å². The third-order valence-corrected chi connectivity index (χ3v) is 3.11. The van der Waals surface area contributed by atoms with Gasteiger partial charge >= 0.3 is 0 Å². The van der Waals surface area contributed by atoms with Crippen LogP contribution in [0.15, 0.2) is 12.2 Å². The van der Waals surface area contributed by atoms with E-state index >= 15 is 0 Å². The molecule has 16 heavy (non-hydrogen) atoms. The second-order valence-electron chi connectivity index (χ2n) is 4.77. The molecule has 0 saturated carbocycles. The Hall–Kier alpha value is -0.340. The molecule has 0 bridgehead atoms. The summed E-state index contributed by atoms with van der Waals surface area (Å²) in [5.41, 5.74) is 1.14. The molecule has 0 radical (unpaired) electrons. The van der Waals surface area contributed by atoms with Crippen molar-refractivity contribution in [3.05, 3.63) is 12.2 Å². The second kappa shape index (κ2) is 7.86. The maximum Gasteiger partial charge on any atom is 0.0807 e. The van der Waals surface area contributed by atoms with Crippen molar-refractivity contribution in [1.82, 2.24) is 5.32 Å². The molecule has 0 heterocycles. The molecular formula is C14H29NO. The van der Waals surface area contributed by atoms with Gasteiger partial charge in [0.2, 0.25) is 0 Å². The molecule has 0 aromatic heterocycles. The Bertz CT molecular complexity index is 203. The van der Waals surface area contributed by atoms with Crippen LogP contribution >= 0.6 is 0 Å². The highest BCUT2D eigenvalue weighted by Gasteiger charge is 2.32. The van der Waals surface area contributed by atoms with Crippen LogP contribution in [0.25, 0.3) is 0 Å². The summed E-state index contributed by atoms with van der Waals surface area (Å²) in [6.07, 6.45) is 3.17. The van der Waals surface area contributed by atoms with Crippen LogP contribution in [0.2, 0.25) is 0 Å². The Kier molecular flexibility index (Phi) is 7.69. The van der Waals surface area contributed by atoms with Gasteiger partial charge in [0.1, 0.15) is 0 Å². The van der Waals surface area contributed by atoms with Gasteiger partial charge in [0, 0.05) is 12.6 Å². The van der Waals surface area contributed by atoms with Crippen molar-refractivity contribution in [2.24, 2.45) is 0 Å². The number of nitrogens with one attached hydrogen (secondary N) is 1. The maximum atomic E-state index is 5.94. The van der Waals surface area contributed by atoms with Crippen molar-refractivity contribution in [2.45, 2.75) is 65.5 Å². The lowest BCUT2D eigenvalue weighted by molar-refractivity contribution is -0.0549. The van der Waals surface area contributed by atoms with E-state index in [1.54, 1.807) is 0 Å². The second-order valence-corrected chi connectivity index (χ2v) is 4.77. The lowest BCUT2D eigenvalue weighted by Crippen LogP contribution is -2.50. The van der Waals surface area contributed by atoms with Crippen LogP contribution in [0.5, 0.6) is 0 Å². The minimum Gasteiger partial charge on any atom is -0.374 e. The molecule has 0 aromatic rings. The van der Waals surface area contributed by atoms with Gasteiger partial charge in [-0.05, 0) is 46.6 Å². The number of hydrogen-bond acceptors (Lipinski definition) is 2. The van der Waals surface area contributed by atoms with Crippen LogP contribution in [0.1, 0.15) is 53.9 Å². The average molecular weight is 227 g/mol. The van der Waals surface area contributed by atoms with E-state index in [4.69, 9.17) is 4.74 Å². The summed E-state index contributed by atoms with van der Waals surface area (Å²) in [6.45, 7) is 16.6. The highest BCUT2D eigenvalue weighted by atomic mass is 16.5. The first kappa shape index (κ1) is 15.7. The van der Waals surface area contributed by atoms with Crippen molar-refractivity contribution in [3.8, 4) is 0 Å². The zero-order valence-corrected chi connectivity index (χ0v) is 11.7. The Balaban J connectivity index is 4.59. The van der Waals surface area contributed by atoms with Crippen LogP contribution in [-0.2, 0) is 4.74 Å². The van der Waals surface area contributed by atoms with Gasteiger partial charge in [-0.15, -0.1) is 6.58 Å². The summed E-state index contributed by atoms with van der Waals surface area (Å²) in [4.78, 5) is 0. The highest BCUT2D eigenvalue weighted by molar-refractivity contribution is 5.00. The van der Waals surface area contributed by atoms with Gasteiger partial charge in [0.05, 0.1) is 5.60 Å². The van der Waals surface area contributed by atoms with Crippen LogP contribution in [0.3, 0.4) is 0 Å². The van der Waals surface area contributed by atoms with E-state index < -0.39 is 0 Å². The first-order chi connectivity index (χ1) is 7.50. The summed E-state index contributed by atoms with van der Waals surface area (Å²) >= 11 is 0. The van der Waals surface area contributed by atoms with Gasteiger partial charge in [0.25, 0.3) is 0 Å². The van der Waals surface area contributed by atoms with Gasteiger partial charge in [-0.25, -0.2) is 0 Å². The van der Waals surface area contributed by atoms with E-state index in [1.807, 2.05) is 0 Å². The average Bonchev–Trinajstić information content (AvgIpc) is 2.23. The predicted octanol–water partition coefficient (Wildman–Crippen LogP) is 3.53. The van der Waals surface area contributed by atoms with Gasteiger partial charge < -0.3 is 10.1 Å². The highest BCUT2D eigenvalue weighted by Crippen LogP contribution is 2.24. The maximum absolute atomic E-state index is 5.94. The Labute approximate surface area is 101 Å². The molecule has 0 aromatic carbocycles. The Morgan fingerprint density at radius 3 is 2.38 bits per heavy atom. The van der Waals surface area contributed by atoms with Crippen molar-refractivity contribution in [3.63, 3.8) is 0 Å². The van der Waals surface area contributed by atoms with E-state index in [2.05, 4.69) is 46.5 Å². The standard InChI is InChI=1S/C14H29NO/c1-7-10-15-13(11-12(4)5)14(6,8-2)16-9-3/h13,15H,4,7-11H2,1-3,5-6H3. The molecule has 1 N–H and O–H groups in total. The number of ether oxygens (including phenoxy) is 1. The van der Waals surface area contributed by atoms with Crippen molar-refractivity contribution in [2.75, 3.05) is 13.2 Å². The van der Waals surface area contributed by atoms with Gasteiger partial charge in [-0.1, -0.05) is 19.4 Å². The molecule has 96 valence electrons. The fourth-order valence-electron chi connectivity index (χ4n) is 1.95. The molecule has 0 spiro atoms. The fourth-order valence-corrected chi connectivity index (χ4v) is 1.95. The van der Waals surface area contributed by atoms with Crippen molar-refractivity contribution < 1.29 is 4.74 Å². The molecule has 0 rings (SSSR count).